The van der Waals surface area contributed by atoms with Crippen molar-refractivity contribution >= 4 is 17.6 Å². The quantitative estimate of drug-likeness (QED) is 0.786. The fourth-order valence-corrected chi connectivity index (χ4v) is 3.52. The lowest BCUT2D eigenvalue weighted by molar-refractivity contribution is -0.141. The van der Waals surface area contributed by atoms with E-state index in [2.05, 4.69) is 22.3 Å². The smallest absolute Gasteiger partial charge is 0.306 e. The number of benzene rings is 2. The summed E-state index contributed by atoms with van der Waals surface area (Å²) in [5, 5.41) is 12.0. The molecule has 3 rings (SSSR count). The molecule has 0 saturated carbocycles. The van der Waals surface area contributed by atoms with Crippen LogP contribution in [0, 0.1) is 5.92 Å². The van der Waals surface area contributed by atoms with Crippen molar-refractivity contribution in [1.82, 2.24) is 4.90 Å². The van der Waals surface area contributed by atoms with Gasteiger partial charge in [-0.3, -0.25) is 14.5 Å². The van der Waals surface area contributed by atoms with Crippen LogP contribution in [-0.4, -0.2) is 34.5 Å². The topological polar surface area (TPSA) is 69.6 Å². The number of likely N-dealkylation sites (tertiary alicyclic amines) is 1. The zero-order valence-corrected chi connectivity index (χ0v) is 15.6. The molecule has 1 amide bonds. The number of carboxylic acids is 1. The Hall–Kier alpha value is -2.66. The Morgan fingerprint density at radius 1 is 1.11 bits per heavy atom. The van der Waals surface area contributed by atoms with Crippen LogP contribution in [0.1, 0.15) is 30.9 Å². The van der Waals surface area contributed by atoms with Crippen LogP contribution < -0.4 is 5.32 Å². The van der Waals surface area contributed by atoms with Gasteiger partial charge in [0.15, 0.2) is 0 Å². The second-order valence-corrected chi connectivity index (χ2v) is 7.24. The Morgan fingerprint density at radius 2 is 1.81 bits per heavy atom. The third kappa shape index (κ3) is 5.17. The van der Waals surface area contributed by atoms with Gasteiger partial charge in [0, 0.05) is 12.2 Å². The van der Waals surface area contributed by atoms with Gasteiger partial charge in [-0.2, -0.15) is 0 Å². The van der Waals surface area contributed by atoms with E-state index < -0.39 is 11.9 Å². The van der Waals surface area contributed by atoms with Gasteiger partial charge in [0.1, 0.15) is 0 Å². The van der Waals surface area contributed by atoms with E-state index in [1.807, 2.05) is 42.5 Å². The van der Waals surface area contributed by atoms with E-state index in [-0.39, 0.29) is 11.9 Å². The number of hydrogen-bond donors (Lipinski definition) is 2. The molecule has 2 atom stereocenters. The second-order valence-electron chi connectivity index (χ2n) is 7.24. The summed E-state index contributed by atoms with van der Waals surface area (Å²) in [6.45, 7) is 3.41. The molecule has 5 nitrogen and oxygen atoms in total. The zero-order valence-electron chi connectivity index (χ0n) is 15.6. The standard InChI is InChI=1S/C22H26N2O3/c1-16(22(26)27)14-17-9-11-19(12-10-17)23-21(25)20-8-5-13-24(20)15-18-6-3-2-4-7-18/h2-4,6-7,9-12,16,20H,5,8,13-15H2,1H3,(H,23,25)(H,26,27). The van der Waals surface area contributed by atoms with E-state index in [1.54, 1.807) is 6.92 Å². The minimum Gasteiger partial charge on any atom is -0.481 e. The van der Waals surface area contributed by atoms with Crippen LogP contribution in [0.2, 0.25) is 0 Å². The van der Waals surface area contributed by atoms with Crippen LogP contribution >= 0.6 is 0 Å². The van der Waals surface area contributed by atoms with Gasteiger partial charge >= 0.3 is 5.97 Å². The van der Waals surface area contributed by atoms with Crippen LogP contribution in [0.25, 0.3) is 0 Å². The van der Waals surface area contributed by atoms with Crippen molar-refractivity contribution in [1.29, 1.82) is 0 Å². The molecule has 0 aliphatic carbocycles. The maximum atomic E-state index is 12.7. The monoisotopic (exact) mass is 366 g/mol. The number of carboxylic acid groups (broad SMARTS) is 1. The van der Waals surface area contributed by atoms with E-state index >= 15 is 0 Å². The highest BCUT2D eigenvalue weighted by Gasteiger charge is 2.30. The number of amides is 1. The highest BCUT2D eigenvalue weighted by atomic mass is 16.4. The number of carbonyl (C=O) groups excluding carboxylic acids is 1. The fourth-order valence-electron chi connectivity index (χ4n) is 3.52. The summed E-state index contributed by atoms with van der Waals surface area (Å²) in [4.78, 5) is 25.9. The molecular formula is C22H26N2O3. The van der Waals surface area contributed by atoms with Crippen molar-refractivity contribution in [3.63, 3.8) is 0 Å². The first-order chi connectivity index (χ1) is 13.0. The van der Waals surface area contributed by atoms with Gasteiger partial charge in [0.25, 0.3) is 0 Å². The van der Waals surface area contributed by atoms with Gasteiger partial charge in [-0.15, -0.1) is 0 Å². The minimum atomic E-state index is -0.799. The van der Waals surface area contributed by atoms with Crippen LogP contribution in [-0.2, 0) is 22.6 Å². The molecule has 0 radical (unpaired) electrons. The Balaban J connectivity index is 1.58. The lowest BCUT2D eigenvalue weighted by Crippen LogP contribution is -2.39. The molecule has 5 heteroatoms. The highest BCUT2D eigenvalue weighted by Crippen LogP contribution is 2.22. The Kier molecular flexibility index (Phi) is 6.24. The predicted molar refractivity (Wildman–Crippen MR) is 105 cm³/mol. The Labute approximate surface area is 160 Å². The molecule has 1 heterocycles. The van der Waals surface area contributed by atoms with Gasteiger partial charge in [0.2, 0.25) is 5.91 Å². The molecule has 2 unspecified atom stereocenters. The average molecular weight is 366 g/mol. The maximum absolute atomic E-state index is 12.7. The summed E-state index contributed by atoms with van der Waals surface area (Å²) in [5.41, 5.74) is 2.92. The molecule has 1 saturated heterocycles. The fraction of sp³-hybridized carbons (Fsp3) is 0.364. The van der Waals surface area contributed by atoms with Gasteiger partial charge in [0.05, 0.1) is 12.0 Å². The molecule has 2 aromatic rings. The number of aliphatic carboxylic acids is 1. The maximum Gasteiger partial charge on any atom is 0.306 e. The average Bonchev–Trinajstić information content (AvgIpc) is 3.12. The summed E-state index contributed by atoms with van der Waals surface area (Å²) < 4.78 is 0. The first-order valence-electron chi connectivity index (χ1n) is 9.43. The predicted octanol–water partition coefficient (Wildman–Crippen LogP) is 3.55. The third-order valence-corrected chi connectivity index (χ3v) is 5.08. The Bertz CT molecular complexity index is 774. The van der Waals surface area contributed by atoms with Crippen LogP contribution in [0.5, 0.6) is 0 Å². The molecule has 1 fully saturated rings. The molecule has 0 aromatic heterocycles. The van der Waals surface area contributed by atoms with Crippen LogP contribution in [0.15, 0.2) is 54.6 Å². The van der Waals surface area contributed by atoms with Gasteiger partial charge in [-0.05, 0) is 49.1 Å². The number of hydrogen-bond acceptors (Lipinski definition) is 3. The van der Waals surface area contributed by atoms with Crippen molar-refractivity contribution in [2.45, 2.75) is 38.8 Å². The molecule has 27 heavy (non-hydrogen) atoms. The van der Waals surface area contributed by atoms with E-state index in [9.17, 15) is 9.59 Å². The summed E-state index contributed by atoms with van der Waals surface area (Å²) in [5.74, 6) is -1.20. The molecule has 2 aromatic carbocycles. The largest absolute Gasteiger partial charge is 0.481 e. The first-order valence-corrected chi connectivity index (χ1v) is 9.43. The molecule has 0 bridgehead atoms. The first kappa shape index (κ1) is 19.1. The van der Waals surface area contributed by atoms with E-state index in [0.29, 0.717) is 6.42 Å². The van der Waals surface area contributed by atoms with Crippen molar-refractivity contribution in [3.05, 3.63) is 65.7 Å². The zero-order chi connectivity index (χ0) is 19.2. The van der Waals surface area contributed by atoms with E-state index in [4.69, 9.17) is 5.11 Å². The van der Waals surface area contributed by atoms with E-state index in [0.717, 1.165) is 37.2 Å². The van der Waals surface area contributed by atoms with Crippen molar-refractivity contribution in [3.8, 4) is 0 Å². The highest BCUT2D eigenvalue weighted by molar-refractivity contribution is 5.95. The molecule has 0 spiro atoms. The summed E-state index contributed by atoms with van der Waals surface area (Å²) in [6.07, 6.45) is 2.38. The number of rotatable bonds is 7. The van der Waals surface area contributed by atoms with E-state index in [1.165, 1.54) is 5.56 Å². The molecule has 1 aliphatic heterocycles. The van der Waals surface area contributed by atoms with Crippen molar-refractivity contribution < 1.29 is 14.7 Å². The molecular weight excluding hydrogens is 340 g/mol. The SMILES string of the molecule is CC(Cc1ccc(NC(=O)C2CCCN2Cc2ccccc2)cc1)C(=O)O. The molecule has 142 valence electrons. The third-order valence-electron chi connectivity index (χ3n) is 5.08. The lowest BCUT2D eigenvalue weighted by atomic mass is 10.0. The van der Waals surface area contributed by atoms with Crippen molar-refractivity contribution in [2.24, 2.45) is 5.92 Å². The summed E-state index contributed by atoms with van der Waals surface area (Å²) in [7, 11) is 0. The summed E-state index contributed by atoms with van der Waals surface area (Å²) >= 11 is 0. The Morgan fingerprint density at radius 3 is 2.48 bits per heavy atom. The van der Waals surface area contributed by atoms with Crippen LogP contribution in [0.4, 0.5) is 5.69 Å². The van der Waals surface area contributed by atoms with Gasteiger partial charge < -0.3 is 10.4 Å². The van der Waals surface area contributed by atoms with Crippen LogP contribution in [0.3, 0.4) is 0 Å². The van der Waals surface area contributed by atoms with Crippen molar-refractivity contribution in [2.75, 3.05) is 11.9 Å². The lowest BCUT2D eigenvalue weighted by Gasteiger charge is -2.23. The summed E-state index contributed by atoms with van der Waals surface area (Å²) in [6, 6.07) is 17.6. The minimum absolute atomic E-state index is 0.0232. The second kappa shape index (κ2) is 8.82. The van der Waals surface area contributed by atoms with Gasteiger partial charge in [-0.25, -0.2) is 0 Å². The van der Waals surface area contributed by atoms with Gasteiger partial charge in [-0.1, -0.05) is 49.4 Å². The number of carbonyl (C=O) groups is 2. The molecule has 2 N–H and O–H groups in total. The number of nitrogens with one attached hydrogen (secondary N) is 1. The number of anilines is 1. The number of nitrogens with zero attached hydrogens (tertiary/aromatic N) is 1. The normalized spacial score (nSPS) is 18.2. The molecule has 1 aliphatic rings.